The quantitative estimate of drug-likeness (QED) is 0.867. The van der Waals surface area contributed by atoms with Crippen LogP contribution in [0.4, 0.5) is 5.69 Å². The topological polar surface area (TPSA) is 49.6 Å². The first-order chi connectivity index (χ1) is 9.98. The molecule has 2 fully saturated rings. The van der Waals surface area contributed by atoms with Gasteiger partial charge in [0.1, 0.15) is 0 Å². The van der Waals surface area contributed by atoms with Crippen molar-refractivity contribution in [2.75, 3.05) is 31.9 Å². The van der Waals surface area contributed by atoms with Gasteiger partial charge in [-0.3, -0.25) is 9.69 Å². The molecular formula is C17H25N3O. The minimum Gasteiger partial charge on any atom is -0.399 e. The van der Waals surface area contributed by atoms with Crippen LogP contribution in [-0.2, 0) is 0 Å². The molecule has 21 heavy (non-hydrogen) atoms. The van der Waals surface area contributed by atoms with Crippen LogP contribution in [0.5, 0.6) is 0 Å². The van der Waals surface area contributed by atoms with E-state index in [4.69, 9.17) is 5.73 Å². The zero-order valence-electron chi connectivity index (χ0n) is 13.0. The third kappa shape index (κ3) is 2.91. The number of hydrogen-bond acceptors (Lipinski definition) is 3. The van der Waals surface area contributed by atoms with Gasteiger partial charge in [-0.1, -0.05) is 0 Å². The second-order valence-electron chi connectivity index (χ2n) is 6.83. The van der Waals surface area contributed by atoms with Crippen LogP contribution in [0.15, 0.2) is 24.3 Å². The molecule has 1 aromatic rings. The number of rotatable bonds is 3. The van der Waals surface area contributed by atoms with Crippen molar-refractivity contribution in [1.82, 2.24) is 9.80 Å². The van der Waals surface area contributed by atoms with E-state index < -0.39 is 0 Å². The van der Waals surface area contributed by atoms with Crippen molar-refractivity contribution in [3.63, 3.8) is 0 Å². The molecule has 1 heterocycles. The molecule has 4 nitrogen and oxygen atoms in total. The van der Waals surface area contributed by atoms with Crippen LogP contribution in [0.25, 0.3) is 0 Å². The lowest BCUT2D eigenvalue weighted by molar-refractivity contribution is 0.0328. The third-order valence-electron chi connectivity index (χ3n) is 5.12. The fourth-order valence-electron chi connectivity index (χ4n) is 3.34. The lowest BCUT2D eigenvalue weighted by Gasteiger charge is -2.44. The van der Waals surface area contributed by atoms with Gasteiger partial charge in [-0.2, -0.15) is 0 Å². The molecule has 0 radical (unpaired) electrons. The van der Waals surface area contributed by atoms with Gasteiger partial charge >= 0.3 is 0 Å². The predicted octanol–water partition coefficient (Wildman–Crippen LogP) is 2.22. The van der Waals surface area contributed by atoms with E-state index in [1.165, 1.54) is 12.8 Å². The average molecular weight is 287 g/mol. The number of carbonyl (C=O) groups is 1. The van der Waals surface area contributed by atoms with Crippen molar-refractivity contribution in [3.8, 4) is 0 Å². The van der Waals surface area contributed by atoms with Gasteiger partial charge in [-0.25, -0.2) is 0 Å². The monoisotopic (exact) mass is 287 g/mol. The molecular weight excluding hydrogens is 262 g/mol. The van der Waals surface area contributed by atoms with E-state index >= 15 is 0 Å². The number of anilines is 1. The predicted molar refractivity (Wildman–Crippen MR) is 85.1 cm³/mol. The van der Waals surface area contributed by atoms with Gasteiger partial charge in [0.25, 0.3) is 5.91 Å². The molecule has 1 aliphatic carbocycles. The Kier molecular flexibility index (Phi) is 3.66. The van der Waals surface area contributed by atoms with Crippen molar-refractivity contribution in [3.05, 3.63) is 29.8 Å². The number of piperazine rings is 1. The molecule has 0 aromatic heterocycles. The molecule has 1 aliphatic heterocycles. The molecule has 2 aliphatic rings. The molecule has 2 N–H and O–H groups in total. The summed E-state index contributed by atoms with van der Waals surface area (Å²) in [5, 5.41) is 0. The lowest BCUT2D eigenvalue weighted by atomic mass is 9.95. The number of benzene rings is 1. The normalized spacial score (nSPS) is 20.6. The first kappa shape index (κ1) is 14.4. The van der Waals surface area contributed by atoms with Crippen molar-refractivity contribution in [2.45, 2.75) is 32.2 Å². The van der Waals surface area contributed by atoms with Crippen molar-refractivity contribution >= 4 is 11.6 Å². The largest absolute Gasteiger partial charge is 0.399 e. The van der Waals surface area contributed by atoms with E-state index in [1.807, 2.05) is 17.0 Å². The lowest BCUT2D eigenvalue weighted by Crippen LogP contribution is -2.56. The second-order valence-corrected chi connectivity index (χ2v) is 6.83. The highest BCUT2D eigenvalue weighted by atomic mass is 16.2. The Morgan fingerprint density at radius 1 is 1.10 bits per heavy atom. The summed E-state index contributed by atoms with van der Waals surface area (Å²) in [6.45, 7) is 8.29. The Balaban J connectivity index is 1.60. The first-order valence-corrected chi connectivity index (χ1v) is 7.88. The van der Waals surface area contributed by atoms with Crippen molar-refractivity contribution in [2.24, 2.45) is 5.92 Å². The minimum atomic E-state index is 0.124. The minimum absolute atomic E-state index is 0.124. The van der Waals surface area contributed by atoms with Gasteiger partial charge < -0.3 is 10.6 Å². The molecule has 3 rings (SSSR count). The van der Waals surface area contributed by atoms with Gasteiger partial charge in [0, 0.05) is 43.0 Å². The highest BCUT2D eigenvalue weighted by molar-refractivity contribution is 5.94. The fourth-order valence-corrected chi connectivity index (χ4v) is 3.34. The van der Waals surface area contributed by atoms with Crippen LogP contribution in [0.2, 0.25) is 0 Å². The highest BCUT2D eigenvalue weighted by Crippen LogP contribution is 2.43. The number of nitrogens with zero attached hydrogens (tertiary/aromatic N) is 2. The molecule has 0 bridgehead atoms. The molecule has 0 spiro atoms. The molecule has 1 saturated heterocycles. The van der Waals surface area contributed by atoms with Gasteiger partial charge in [0.15, 0.2) is 0 Å². The summed E-state index contributed by atoms with van der Waals surface area (Å²) in [5.41, 5.74) is 7.39. The van der Waals surface area contributed by atoms with Gasteiger partial charge in [0.05, 0.1) is 0 Å². The van der Waals surface area contributed by atoms with Gasteiger partial charge in [-0.05, 0) is 56.9 Å². The van der Waals surface area contributed by atoms with Crippen LogP contribution < -0.4 is 5.73 Å². The Morgan fingerprint density at radius 2 is 1.67 bits per heavy atom. The standard InChI is InChI=1S/C17H25N3O/c1-17(2,14-5-6-14)20-11-9-19(10-12-20)16(21)13-3-7-15(18)8-4-13/h3-4,7-8,14H,5-6,9-12,18H2,1-2H3. The molecule has 1 aromatic carbocycles. The summed E-state index contributed by atoms with van der Waals surface area (Å²) in [5.74, 6) is 0.968. The van der Waals surface area contributed by atoms with Crippen molar-refractivity contribution < 1.29 is 4.79 Å². The average Bonchev–Trinajstić information content (AvgIpc) is 3.32. The molecule has 0 unspecified atom stereocenters. The van der Waals surface area contributed by atoms with E-state index in [-0.39, 0.29) is 11.4 Å². The summed E-state index contributed by atoms with van der Waals surface area (Å²) < 4.78 is 0. The Hall–Kier alpha value is -1.55. The molecule has 0 atom stereocenters. The van der Waals surface area contributed by atoms with Gasteiger partial charge in [-0.15, -0.1) is 0 Å². The second kappa shape index (κ2) is 5.34. The maximum absolute atomic E-state index is 12.5. The summed E-state index contributed by atoms with van der Waals surface area (Å²) in [6, 6.07) is 7.22. The van der Waals surface area contributed by atoms with E-state index in [1.54, 1.807) is 12.1 Å². The Morgan fingerprint density at radius 3 is 2.19 bits per heavy atom. The summed E-state index contributed by atoms with van der Waals surface area (Å²) >= 11 is 0. The Labute approximate surface area is 126 Å². The van der Waals surface area contributed by atoms with Crippen LogP contribution in [-0.4, -0.2) is 47.4 Å². The number of nitrogen functional groups attached to an aromatic ring is 1. The Bertz CT molecular complexity index is 511. The number of nitrogens with two attached hydrogens (primary N) is 1. The van der Waals surface area contributed by atoms with Crippen molar-refractivity contribution in [1.29, 1.82) is 0 Å². The van der Waals surface area contributed by atoms with Crippen LogP contribution in [0.1, 0.15) is 37.0 Å². The first-order valence-electron chi connectivity index (χ1n) is 7.88. The van der Waals surface area contributed by atoms with E-state index in [2.05, 4.69) is 18.7 Å². The smallest absolute Gasteiger partial charge is 0.253 e. The maximum atomic E-state index is 12.5. The number of carbonyl (C=O) groups excluding carboxylic acids is 1. The number of hydrogen-bond donors (Lipinski definition) is 1. The molecule has 114 valence electrons. The fraction of sp³-hybridized carbons (Fsp3) is 0.588. The summed E-state index contributed by atoms with van der Waals surface area (Å²) in [4.78, 5) is 17.0. The van der Waals surface area contributed by atoms with Gasteiger partial charge in [0.2, 0.25) is 0 Å². The summed E-state index contributed by atoms with van der Waals surface area (Å²) in [6.07, 6.45) is 2.72. The zero-order chi connectivity index (χ0) is 15.0. The number of amides is 1. The summed E-state index contributed by atoms with van der Waals surface area (Å²) in [7, 11) is 0. The SMILES string of the molecule is CC(C)(C1CC1)N1CCN(C(=O)c2ccc(N)cc2)CC1. The van der Waals surface area contributed by atoms with Crippen LogP contribution in [0, 0.1) is 5.92 Å². The van der Waals surface area contributed by atoms with E-state index in [0.29, 0.717) is 5.69 Å². The highest BCUT2D eigenvalue weighted by Gasteiger charge is 2.42. The van der Waals surface area contributed by atoms with Crippen LogP contribution >= 0.6 is 0 Å². The maximum Gasteiger partial charge on any atom is 0.253 e. The molecule has 1 amide bonds. The zero-order valence-corrected chi connectivity index (χ0v) is 13.0. The molecule has 1 saturated carbocycles. The van der Waals surface area contributed by atoms with E-state index in [0.717, 1.165) is 37.7 Å². The third-order valence-corrected chi connectivity index (χ3v) is 5.12. The van der Waals surface area contributed by atoms with E-state index in [9.17, 15) is 4.79 Å². The molecule has 4 heteroatoms. The van der Waals surface area contributed by atoms with Crippen LogP contribution in [0.3, 0.4) is 0 Å².